The molecular weight excluding hydrogens is 271 g/mol. The van der Waals surface area contributed by atoms with Gasteiger partial charge in [0.15, 0.2) is 5.65 Å². The predicted molar refractivity (Wildman–Crippen MR) is 76.3 cm³/mol. The number of hydrogen-bond acceptors (Lipinski definition) is 3. The summed E-state index contributed by atoms with van der Waals surface area (Å²) in [6.45, 7) is 0.478. The Morgan fingerprint density at radius 3 is 2.86 bits per heavy atom. The fourth-order valence-corrected chi connectivity index (χ4v) is 2.03. The van der Waals surface area contributed by atoms with Crippen molar-refractivity contribution in [2.45, 2.75) is 6.42 Å². The fraction of sp³-hybridized carbons (Fsp3) is 0.133. The van der Waals surface area contributed by atoms with Crippen LogP contribution in [0.5, 0.6) is 0 Å². The summed E-state index contributed by atoms with van der Waals surface area (Å²) in [6.07, 6.45) is 3.68. The minimum absolute atomic E-state index is 0.193. The molecule has 2 heterocycles. The maximum atomic E-state index is 12.8. The van der Waals surface area contributed by atoms with E-state index in [1.165, 1.54) is 24.7 Å². The van der Waals surface area contributed by atoms with Crippen LogP contribution in [0.1, 0.15) is 15.9 Å². The molecule has 0 atom stereocenters. The molecule has 0 unspecified atom stereocenters. The number of fused-ring (bicyclic) bond motifs is 1. The number of halogens is 1. The molecule has 0 bridgehead atoms. The number of aromatic amines is 1. The lowest BCUT2D eigenvalue weighted by molar-refractivity contribution is 0.0954. The molecule has 1 aromatic carbocycles. The first-order chi connectivity index (χ1) is 10.2. The van der Waals surface area contributed by atoms with Gasteiger partial charge in [-0.3, -0.25) is 4.79 Å². The quantitative estimate of drug-likeness (QED) is 0.770. The van der Waals surface area contributed by atoms with Gasteiger partial charge in [0.1, 0.15) is 5.82 Å². The number of amides is 1. The van der Waals surface area contributed by atoms with Crippen LogP contribution in [0.2, 0.25) is 0 Å². The van der Waals surface area contributed by atoms with Crippen LogP contribution in [0.4, 0.5) is 4.39 Å². The van der Waals surface area contributed by atoms with Crippen LogP contribution in [-0.2, 0) is 6.42 Å². The minimum Gasteiger partial charge on any atom is -0.352 e. The molecule has 21 heavy (non-hydrogen) atoms. The summed E-state index contributed by atoms with van der Waals surface area (Å²) >= 11 is 0. The van der Waals surface area contributed by atoms with E-state index in [0.29, 0.717) is 24.2 Å². The second kappa shape index (κ2) is 5.70. The van der Waals surface area contributed by atoms with E-state index < -0.39 is 0 Å². The monoisotopic (exact) mass is 284 g/mol. The van der Waals surface area contributed by atoms with Crippen LogP contribution in [-0.4, -0.2) is 27.4 Å². The van der Waals surface area contributed by atoms with Crippen molar-refractivity contribution in [3.63, 3.8) is 0 Å². The first-order valence-electron chi connectivity index (χ1n) is 6.54. The van der Waals surface area contributed by atoms with E-state index in [1.54, 1.807) is 18.2 Å². The molecule has 3 rings (SSSR count). The Balaban J connectivity index is 1.59. The van der Waals surface area contributed by atoms with E-state index in [0.717, 1.165) is 11.1 Å². The number of imidazole rings is 1. The van der Waals surface area contributed by atoms with Crippen molar-refractivity contribution in [1.29, 1.82) is 0 Å². The van der Waals surface area contributed by atoms with Gasteiger partial charge >= 0.3 is 0 Å². The third kappa shape index (κ3) is 3.05. The predicted octanol–water partition coefficient (Wildman–Crippen LogP) is 2.07. The topological polar surface area (TPSA) is 70.7 Å². The van der Waals surface area contributed by atoms with Gasteiger partial charge in [0, 0.05) is 12.7 Å². The number of nitrogens with zero attached hydrogens (tertiary/aromatic N) is 2. The first-order valence-corrected chi connectivity index (χ1v) is 6.54. The van der Waals surface area contributed by atoms with Crippen molar-refractivity contribution in [3.05, 3.63) is 59.8 Å². The Morgan fingerprint density at radius 1 is 1.24 bits per heavy atom. The highest BCUT2D eigenvalue weighted by atomic mass is 19.1. The van der Waals surface area contributed by atoms with Gasteiger partial charge in [0.2, 0.25) is 0 Å². The average molecular weight is 284 g/mol. The van der Waals surface area contributed by atoms with E-state index in [1.807, 2.05) is 0 Å². The van der Waals surface area contributed by atoms with Crippen LogP contribution in [0.3, 0.4) is 0 Å². The number of pyridine rings is 1. The number of rotatable bonds is 4. The summed E-state index contributed by atoms with van der Waals surface area (Å²) in [5, 5.41) is 2.81. The maximum absolute atomic E-state index is 12.8. The molecule has 1 amide bonds. The molecule has 106 valence electrons. The first kappa shape index (κ1) is 13.2. The van der Waals surface area contributed by atoms with Gasteiger partial charge in [-0.2, -0.15) is 0 Å². The summed E-state index contributed by atoms with van der Waals surface area (Å²) in [6, 6.07) is 7.95. The van der Waals surface area contributed by atoms with Gasteiger partial charge in [-0.25, -0.2) is 14.4 Å². The number of nitrogens with one attached hydrogen (secondary N) is 2. The third-order valence-electron chi connectivity index (χ3n) is 3.15. The highest BCUT2D eigenvalue weighted by molar-refractivity contribution is 5.96. The molecule has 3 aromatic rings. The molecule has 0 aliphatic rings. The van der Waals surface area contributed by atoms with Crippen LogP contribution in [0, 0.1) is 5.82 Å². The number of H-pyrrole nitrogens is 1. The van der Waals surface area contributed by atoms with Gasteiger partial charge in [-0.05, 0) is 30.2 Å². The standard InChI is InChI=1S/C15H13FN4O/c16-12-3-1-10(2-4-12)5-6-17-15(21)11-7-13-14(18-8-11)20-9-19-13/h1-4,7-9H,5-6H2,(H,17,21)(H,18,19,20). The summed E-state index contributed by atoms with van der Waals surface area (Å²) in [5.74, 6) is -0.456. The van der Waals surface area contributed by atoms with E-state index in [-0.39, 0.29) is 11.7 Å². The molecule has 0 aliphatic carbocycles. The van der Waals surface area contributed by atoms with Crippen molar-refractivity contribution in [1.82, 2.24) is 20.3 Å². The third-order valence-corrected chi connectivity index (χ3v) is 3.15. The van der Waals surface area contributed by atoms with Gasteiger partial charge < -0.3 is 10.3 Å². The zero-order valence-electron chi connectivity index (χ0n) is 11.1. The Hall–Kier alpha value is -2.76. The molecule has 2 aromatic heterocycles. The second-order valence-electron chi connectivity index (χ2n) is 4.63. The molecule has 0 saturated carbocycles. The lowest BCUT2D eigenvalue weighted by Crippen LogP contribution is -2.25. The molecule has 0 fully saturated rings. The molecule has 5 nitrogen and oxygen atoms in total. The van der Waals surface area contributed by atoms with Crippen molar-refractivity contribution < 1.29 is 9.18 Å². The zero-order chi connectivity index (χ0) is 14.7. The van der Waals surface area contributed by atoms with Gasteiger partial charge in [0.05, 0.1) is 17.4 Å². The molecule has 0 spiro atoms. The van der Waals surface area contributed by atoms with Crippen LogP contribution < -0.4 is 5.32 Å². The number of aromatic nitrogens is 3. The van der Waals surface area contributed by atoms with E-state index in [2.05, 4.69) is 20.3 Å². The Morgan fingerprint density at radius 2 is 2.05 bits per heavy atom. The fourth-order valence-electron chi connectivity index (χ4n) is 2.03. The highest BCUT2D eigenvalue weighted by Crippen LogP contribution is 2.08. The Labute approximate surface area is 120 Å². The second-order valence-corrected chi connectivity index (χ2v) is 4.63. The summed E-state index contributed by atoms with van der Waals surface area (Å²) in [7, 11) is 0. The zero-order valence-corrected chi connectivity index (χ0v) is 11.1. The molecule has 0 radical (unpaired) electrons. The molecule has 0 aliphatic heterocycles. The molecule has 0 saturated heterocycles. The summed E-state index contributed by atoms with van der Waals surface area (Å²) < 4.78 is 12.8. The number of carbonyl (C=O) groups excluding carboxylic acids is 1. The lowest BCUT2D eigenvalue weighted by atomic mass is 10.1. The van der Waals surface area contributed by atoms with Gasteiger partial charge in [0.25, 0.3) is 5.91 Å². The average Bonchev–Trinajstić information content (AvgIpc) is 2.96. The van der Waals surface area contributed by atoms with Crippen molar-refractivity contribution in [3.8, 4) is 0 Å². The minimum atomic E-state index is -0.262. The SMILES string of the molecule is O=C(NCCc1ccc(F)cc1)c1cnc2nc[nH]c2c1. The lowest BCUT2D eigenvalue weighted by Gasteiger charge is -2.05. The van der Waals surface area contributed by atoms with Crippen LogP contribution in [0.25, 0.3) is 11.2 Å². The Bertz CT molecular complexity index is 767. The number of hydrogen-bond donors (Lipinski definition) is 2. The number of carbonyl (C=O) groups is 1. The smallest absolute Gasteiger partial charge is 0.252 e. The maximum Gasteiger partial charge on any atom is 0.252 e. The number of benzene rings is 1. The van der Waals surface area contributed by atoms with Crippen LogP contribution in [0.15, 0.2) is 42.9 Å². The van der Waals surface area contributed by atoms with Crippen molar-refractivity contribution >= 4 is 17.1 Å². The molecular formula is C15H13FN4O. The van der Waals surface area contributed by atoms with Gasteiger partial charge in [-0.1, -0.05) is 12.1 Å². The van der Waals surface area contributed by atoms with Crippen molar-refractivity contribution in [2.75, 3.05) is 6.54 Å². The Kier molecular flexibility index (Phi) is 3.59. The largest absolute Gasteiger partial charge is 0.352 e. The molecule has 2 N–H and O–H groups in total. The molecule has 6 heteroatoms. The highest BCUT2D eigenvalue weighted by Gasteiger charge is 2.07. The summed E-state index contributed by atoms with van der Waals surface area (Å²) in [5.41, 5.74) is 2.75. The van der Waals surface area contributed by atoms with E-state index in [9.17, 15) is 9.18 Å². The van der Waals surface area contributed by atoms with Crippen LogP contribution >= 0.6 is 0 Å². The van der Waals surface area contributed by atoms with E-state index in [4.69, 9.17) is 0 Å². The van der Waals surface area contributed by atoms with E-state index >= 15 is 0 Å². The van der Waals surface area contributed by atoms with Crippen molar-refractivity contribution in [2.24, 2.45) is 0 Å². The van der Waals surface area contributed by atoms with Gasteiger partial charge in [-0.15, -0.1) is 0 Å². The summed E-state index contributed by atoms with van der Waals surface area (Å²) in [4.78, 5) is 23.0. The normalized spacial score (nSPS) is 10.7.